The van der Waals surface area contributed by atoms with Gasteiger partial charge in [-0.2, -0.15) is 9.61 Å². The van der Waals surface area contributed by atoms with Crippen molar-refractivity contribution in [1.82, 2.24) is 19.5 Å². The molecule has 0 radical (unpaired) electrons. The van der Waals surface area contributed by atoms with Crippen LogP contribution in [0.25, 0.3) is 5.65 Å². The van der Waals surface area contributed by atoms with Crippen molar-refractivity contribution < 1.29 is 9.59 Å². The van der Waals surface area contributed by atoms with E-state index in [2.05, 4.69) is 15.0 Å². The highest BCUT2D eigenvalue weighted by atomic mass is 16.2. The molecule has 2 aromatic rings. The highest BCUT2D eigenvalue weighted by molar-refractivity contribution is 5.88. The number of rotatable bonds is 3. The number of likely N-dealkylation sites (tertiary alicyclic amines) is 1. The first kappa shape index (κ1) is 15.9. The summed E-state index contributed by atoms with van der Waals surface area (Å²) < 4.78 is 1.86. The molecule has 4 rings (SSSR count). The molecule has 8 nitrogen and oxygen atoms in total. The van der Waals surface area contributed by atoms with Crippen LogP contribution in [0.15, 0.2) is 18.3 Å². The van der Waals surface area contributed by atoms with E-state index >= 15 is 0 Å². The van der Waals surface area contributed by atoms with Crippen molar-refractivity contribution in [3.8, 4) is 0 Å². The molecule has 2 aliphatic heterocycles. The average Bonchev–Trinajstić information content (AvgIpc) is 3.20. The fourth-order valence-corrected chi connectivity index (χ4v) is 3.93. The van der Waals surface area contributed by atoms with Gasteiger partial charge in [0.2, 0.25) is 11.8 Å². The predicted octanol–water partition coefficient (Wildman–Crippen LogP) is 0.340. The van der Waals surface area contributed by atoms with Crippen LogP contribution in [-0.2, 0) is 9.59 Å². The summed E-state index contributed by atoms with van der Waals surface area (Å²) >= 11 is 0. The number of nitrogens with zero attached hydrogens (tertiary/aromatic N) is 5. The zero-order valence-electron chi connectivity index (χ0n) is 14.3. The van der Waals surface area contributed by atoms with Gasteiger partial charge in [-0.25, -0.2) is 4.98 Å². The van der Waals surface area contributed by atoms with Gasteiger partial charge in [0, 0.05) is 49.9 Å². The molecular weight excluding hydrogens is 320 g/mol. The van der Waals surface area contributed by atoms with E-state index in [1.54, 1.807) is 6.20 Å². The number of nitrogens with two attached hydrogens (primary N) is 1. The fraction of sp³-hybridized carbons (Fsp3) is 0.529. The van der Waals surface area contributed by atoms with Gasteiger partial charge in [-0.3, -0.25) is 9.59 Å². The Morgan fingerprint density at radius 2 is 2.08 bits per heavy atom. The minimum Gasteiger partial charge on any atom is -0.369 e. The number of aryl methyl sites for hydroxylation is 1. The molecular formula is C17H22N6O2. The molecule has 0 aliphatic carbocycles. The largest absolute Gasteiger partial charge is 0.369 e. The minimum atomic E-state index is -0.373. The maximum atomic E-state index is 12.2. The number of anilines is 1. The maximum absolute atomic E-state index is 12.2. The van der Waals surface area contributed by atoms with Gasteiger partial charge in [0.15, 0.2) is 5.65 Å². The molecule has 2 aliphatic rings. The average molecular weight is 342 g/mol. The Balaban J connectivity index is 1.47. The second-order valence-electron chi connectivity index (χ2n) is 6.92. The molecule has 0 aromatic carbocycles. The van der Waals surface area contributed by atoms with Gasteiger partial charge in [-0.05, 0) is 19.8 Å². The first-order valence-corrected chi connectivity index (χ1v) is 8.68. The molecule has 2 amide bonds. The van der Waals surface area contributed by atoms with E-state index in [9.17, 15) is 9.59 Å². The van der Waals surface area contributed by atoms with Gasteiger partial charge in [0.05, 0.1) is 12.1 Å². The SMILES string of the molecule is Cc1cc(N2CCC(N3CC(C(N)=O)CC3=O)CC2)n2nccc2n1. The number of fused-ring (bicyclic) bond motifs is 1. The zero-order chi connectivity index (χ0) is 17.6. The van der Waals surface area contributed by atoms with E-state index in [1.807, 2.05) is 28.5 Å². The normalized spacial score (nSPS) is 22.1. The van der Waals surface area contributed by atoms with Crippen LogP contribution >= 0.6 is 0 Å². The van der Waals surface area contributed by atoms with Crippen LogP contribution in [0.5, 0.6) is 0 Å². The van der Waals surface area contributed by atoms with Crippen molar-refractivity contribution >= 4 is 23.3 Å². The molecule has 2 N–H and O–H groups in total. The number of amides is 2. The second kappa shape index (κ2) is 6.02. The number of carbonyl (C=O) groups is 2. The summed E-state index contributed by atoms with van der Waals surface area (Å²) in [5.74, 6) is 0.379. The number of carbonyl (C=O) groups excluding carboxylic acids is 2. The summed E-state index contributed by atoms with van der Waals surface area (Å²) in [5.41, 5.74) is 7.17. The number of aromatic nitrogens is 3. The third-order valence-electron chi connectivity index (χ3n) is 5.26. The van der Waals surface area contributed by atoms with Crippen molar-refractivity contribution in [3.63, 3.8) is 0 Å². The van der Waals surface area contributed by atoms with Crippen LogP contribution in [0.3, 0.4) is 0 Å². The summed E-state index contributed by atoms with van der Waals surface area (Å²) in [6.45, 7) is 4.13. The molecule has 1 atom stereocenters. The number of hydrogen-bond donors (Lipinski definition) is 1. The van der Waals surface area contributed by atoms with E-state index < -0.39 is 0 Å². The Morgan fingerprint density at radius 3 is 2.76 bits per heavy atom. The smallest absolute Gasteiger partial charge is 0.223 e. The van der Waals surface area contributed by atoms with E-state index in [4.69, 9.17) is 5.73 Å². The van der Waals surface area contributed by atoms with Crippen LogP contribution in [-0.4, -0.2) is 57.0 Å². The Bertz CT molecular complexity index is 824. The highest BCUT2D eigenvalue weighted by Crippen LogP contribution is 2.28. The van der Waals surface area contributed by atoms with Gasteiger partial charge in [-0.1, -0.05) is 0 Å². The van der Waals surface area contributed by atoms with Crippen molar-refractivity contribution in [3.05, 3.63) is 24.0 Å². The van der Waals surface area contributed by atoms with E-state index in [1.165, 1.54) is 0 Å². The monoisotopic (exact) mass is 342 g/mol. The topological polar surface area (TPSA) is 96.8 Å². The van der Waals surface area contributed by atoms with Crippen LogP contribution in [0.4, 0.5) is 5.82 Å². The van der Waals surface area contributed by atoms with Gasteiger partial charge in [0.1, 0.15) is 5.82 Å². The zero-order valence-corrected chi connectivity index (χ0v) is 14.3. The third kappa shape index (κ3) is 2.81. The second-order valence-corrected chi connectivity index (χ2v) is 6.92. The van der Waals surface area contributed by atoms with Crippen LogP contribution < -0.4 is 10.6 Å². The van der Waals surface area contributed by atoms with Crippen molar-refractivity contribution in [2.75, 3.05) is 24.5 Å². The Hall–Kier alpha value is -2.64. The molecule has 0 spiro atoms. The van der Waals surface area contributed by atoms with Crippen LogP contribution in [0.2, 0.25) is 0 Å². The molecule has 0 saturated carbocycles. The highest BCUT2D eigenvalue weighted by Gasteiger charge is 2.38. The summed E-state index contributed by atoms with van der Waals surface area (Å²) in [6, 6.07) is 4.13. The number of hydrogen-bond acceptors (Lipinski definition) is 5. The van der Waals surface area contributed by atoms with Gasteiger partial charge < -0.3 is 15.5 Å². The van der Waals surface area contributed by atoms with E-state index in [0.717, 1.165) is 43.1 Å². The Kier molecular flexibility index (Phi) is 3.82. The Morgan fingerprint density at radius 1 is 1.32 bits per heavy atom. The molecule has 4 heterocycles. The van der Waals surface area contributed by atoms with Crippen LogP contribution in [0, 0.1) is 12.8 Å². The molecule has 2 aromatic heterocycles. The number of primary amides is 1. The van der Waals surface area contributed by atoms with Crippen molar-refractivity contribution in [1.29, 1.82) is 0 Å². The number of piperidine rings is 1. The molecule has 1 unspecified atom stereocenters. The summed E-state index contributed by atoms with van der Waals surface area (Å²) in [6.07, 6.45) is 3.76. The van der Waals surface area contributed by atoms with Crippen LogP contribution in [0.1, 0.15) is 25.0 Å². The maximum Gasteiger partial charge on any atom is 0.223 e. The van der Waals surface area contributed by atoms with Crippen molar-refractivity contribution in [2.45, 2.75) is 32.2 Å². The van der Waals surface area contributed by atoms with Crippen molar-refractivity contribution in [2.24, 2.45) is 11.7 Å². The summed E-state index contributed by atoms with van der Waals surface area (Å²) in [5, 5.41) is 4.37. The first-order valence-electron chi connectivity index (χ1n) is 8.68. The quantitative estimate of drug-likeness (QED) is 0.867. The van der Waals surface area contributed by atoms with Gasteiger partial charge in [-0.15, -0.1) is 0 Å². The lowest BCUT2D eigenvalue weighted by molar-refractivity contribution is -0.130. The van der Waals surface area contributed by atoms with Gasteiger partial charge >= 0.3 is 0 Å². The third-order valence-corrected chi connectivity index (χ3v) is 5.26. The van der Waals surface area contributed by atoms with E-state index in [0.29, 0.717) is 6.54 Å². The molecule has 2 saturated heterocycles. The lowest BCUT2D eigenvalue weighted by Gasteiger charge is -2.37. The molecule has 0 bridgehead atoms. The predicted molar refractivity (Wildman–Crippen MR) is 92.0 cm³/mol. The summed E-state index contributed by atoms with van der Waals surface area (Å²) in [4.78, 5) is 32.2. The first-order chi connectivity index (χ1) is 12.0. The molecule has 2 fully saturated rings. The molecule has 25 heavy (non-hydrogen) atoms. The lowest BCUT2D eigenvalue weighted by Crippen LogP contribution is -2.46. The Labute approximate surface area is 145 Å². The minimum absolute atomic E-state index is 0.0523. The van der Waals surface area contributed by atoms with E-state index in [-0.39, 0.29) is 30.2 Å². The molecule has 8 heteroatoms. The lowest BCUT2D eigenvalue weighted by atomic mass is 10.0. The standard InChI is InChI=1S/C17H22N6O2/c1-11-8-15(23-14(20-11)2-5-19-23)21-6-3-13(4-7-21)22-10-12(17(18)25)9-16(22)24/h2,5,8,12-13H,3-4,6-7,9-10H2,1H3,(H2,18,25). The van der Waals surface area contributed by atoms with Gasteiger partial charge in [0.25, 0.3) is 0 Å². The fourth-order valence-electron chi connectivity index (χ4n) is 3.93. The summed E-state index contributed by atoms with van der Waals surface area (Å²) in [7, 11) is 0. The molecule has 132 valence electrons.